The Labute approximate surface area is 188 Å². The first-order valence-electron chi connectivity index (χ1n) is 9.54. The van der Waals surface area contributed by atoms with Crippen LogP contribution in [-0.2, 0) is 0 Å². The molecule has 1 amide bonds. The Morgan fingerprint density at radius 1 is 1.23 bits per heavy atom. The van der Waals surface area contributed by atoms with E-state index in [4.69, 9.17) is 10.5 Å². The molecule has 0 spiro atoms. The largest absolute Gasteiger partial charge is 0.492 e. The predicted octanol–water partition coefficient (Wildman–Crippen LogP) is 4.23. The van der Waals surface area contributed by atoms with Gasteiger partial charge in [0.05, 0.1) is 18.0 Å². The monoisotopic (exact) mass is 533 g/mol. The van der Waals surface area contributed by atoms with Gasteiger partial charge in [0.1, 0.15) is 28.7 Å². The summed E-state index contributed by atoms with van der Waals surface area (Å²) < 4.78 is 34.7. The number of rotatable bonds is 10. The fraction of sp³-hybridized carbons (Fsp3) is 0.381. The van der Waals surface area contributed by atoms with Gasteiger partial charge in [-0.05, 0) is 66.9 Å². The van der Waals surface area contributed by atoms with E-state index in [2.05, 4.69) is 5.32 Å². The van der Waals surface area contributed by atoms with Gasteiger partial charge in [-0.2, -0.15) is 0 Å². The topological polar surface area (TPSA) is 87.8 Å². The molecule has 1 atom stereocenters. The molecule has 0 aliphatic rings. The van der Waals surface area contributed by atoms with Crippen LogP contribution < -0.4 is 15.8 Å². The summed E-state index contributed by atoms with van der Waals surface area (Å²) in [5, 5.41) is 13.3. The van der Waals surface area contributed by atoms with Crippen molar-refractivity contribution in [1.82, 2.24) is 4.90 Å². The lowest BCUT2D eigenvalue weighted by atomic mass is 10.1. The second kappa shape index (κ2) is 10.4. The third kappa shape index (κ3) is 6.02. The molecule has 9 heteroatoms. The molecule has 0 heterocycles. The number of hydrogen-bond acceptors (Lipinski definition) is 5. The summed E-state index contributed by atoms with van der Waals surface area (Å²) in [6, 6.07) is 6.55. The van der Waals surface area contributed by atoms with Gasteiger partial charge in [-0.15, -0.1) is 0 Å². The van der Waals surface area contributed by atoms with E-state index in [9.17, 15) is 18.7 Å². The van der Waals surface area contributed by atoms with E-state index in [0.717, 1.165) is 12.1 Å². The Balaban J connectivity index is 2.29. The zero-order valence-corrected chi connectivity index (χ0v) is 19.3. The SMILES string of the molecule is CCN(CC)[C@](C)(O)CCOc1cc(F)cc(Nc2ccc(I)cc2F)c1C(N)=O. The van der Waals surface area contributed by atoms with E-state index in [0.29, 0.717) is 16.7 Å². The van der Waals surface area contributed by atoms with E-state index in [-0.39, 0.29) is 35.7 Å². The van der Waals surface area contributed by atoms with Gasteiger partial charge < -0.3 is 20.9 Å². The maximum atomic E-state index is 14.2. The van der Waals surface area contributed by atoms with Crippen LogP contribution in [0, 0.1) is 15.2 Å². The molecule has 0 aliphatic carbocycles. The van der Waals surface area contributed by atoms with Crippen LogP contribution in [-0.4, -0.2) is 41.3 Å². The highest BCUT2D eigenvalue weighted by atomic mass is 127. The van der Waals surface area contributed by atoms with Gasteiger partial charge in [-0.25, -0.2) is 8.78 Å². The Bertz CT molecular complexity index is 905. The highest BCUT2D eigenvalue weighted by Crippen LogP contribution is 2.32. The third-order valence-corrected chi connectivity index (χ3v) is 5.46. The van der Waals surface area contributed by atoms with Crippen molar-refractivity contribution in [2.24, 2.45) is 5.73 Å². The zero-order valence-electron chi connectivity index (χ0n) is 17.1. The third-order valence-electron chi connectivity index (χ3n) is 4.79. The number of carbonyl (C=O) groups excluding carboxylic acids is 1. The average Bonchev–Trinajstić information content (AvgIpc) is 2.64. The normalized spacial score (nSPS) is 13.2. The molecule has 0 saturated carbocycles. The number of hydrogen-bond donors (Lipinski definition) is 3. The highest BCUT2D eigenvalue weighted by Gasteiger charge is 2.27. The van der Waals surface area contributed by atoms with Crippen molar-refractivity contribution in [1.29, 1.82) is 0 Å². The Kier molecular flexibility index (Phi) is 8.39. The fourth-order valence-electron chi connectivity index (χ4n) is 3.20. The highest BCUT2D eigenvalue weighted by molar-refractivity contribution is 14.1. The number of halogens is 3. The molecule has 2 aromatic carbocycles. The maximum Gasteiger partial charge on any atom is 0.254 e. The molecule has 30 heavy (non-hydrogen) atoms. The number of anilines is 2. The molecule has 2 rings (SSSR count). The molecular formula is C21H26F2IN3O3. The number of nitrogens with two attached hydrogens (primary N) is 1. The first-order chi connectivity index (χ1) is 14.1. The van der Waals surface area contributed by atoms with E-state index in [1.54, 1.807) is 13.0 Å². The maximum absolute atomic E-state index is 14.2. The number of carbonyl (C=O) groups is 1. The molecule has 164 valence electrons. The zero-order chi connectivity index (χ0) is 22.5. The van der Waals surface area contributed by atoms with Crippen LogP contribution in [0.4, 0.5) is 20.2 Å². The van der Waals surface area contributed by atoms with Crippen LogP contribution in [0.2, 0.25) is 0 Å². The van der Waals surface area contributed by atoms with Gasteiger partial charge >= 0.3 is 0 Å². The molecule has 4 N–H and O–H groups in total. The number of nitrogens with zero attached hydrogens (tertiary/aromatic N) is 1. The second-order valence-corrected chi connectivity index (χ2v) is 8.17. The molecule has 0 radical (unpaired) electrons. The first kappa shape index (κ1) is 24.3. The first-order valence-corrected chi connectivity index (χ1v) is 10.6. The minimum atomic E-state index is -1.13. The van der Waals surface area contributed by atoms with Crippen LogP contribution in [0.3, 0.4) is 0 Å². The molecule has 0 aliphatic heterocycles. The Morgan fingerprint density at radius 3 is 2.47 bits per heavy atom. The van der Waals surface area contributed by atoms with Gasteiger partial charge in [-0.3, -0.25) is 9.69 Å². The Hall–Kier alpha value is -1.98. The molecule has 0 saturated heterocycles. The Morgan fingerprint density at radius 2 is 1.90 bits per heavy atom. The summed E-state index contributed by atoms with van der Waals surface area (Å²) >= 11 is 1.97. The number of nitrogens with one attached hydrogen (secondary N) is 1. The summed E-state index contributed by atoms with van der Waals surface area (Å²) in [5.41, 5.74) is 4.33. The lowest BCUT2D eigenvalue weighted by molar-refractivity contribution is -0.100. The molecular weight excluding hydrogens is 507 g/mol. The summed E-state index contributed by atoms with van der Waals surface area (Å²) in [5.74, 6) is -2.17. The molecule has 0 bridgehead atoms. The molecule has 0 fully saturated rings. The van der Waals surface area contributed by atoms with Gasteiger partial charge in [0, 0.05) is 16.1 Å². The lowest BCUT2D eigenvalue weighted by Gasteiger charge is -2.35. The summed E-state index contributed by atoms with van der Waals surface area (Å²) in [7, 11) is 0. The summed E-state index contributed by atoms with van der Waals surface area (Å²) in [6.45, 7) is 6.83. The van der Waals surface area contributed by atoms with Crippen molar-refractivity contribution >= 4 is 39.9 Å². The smallest absolute Gasteiger partial charge is 0.254 e. The van der Waals surface area contributed by atoms with E-state index < -0.39 is 23.3 Å². The fourth-order valence-corrected chi connectivity index (χ4v) is 3.65. The number of amides is 1. The van der Waals surface area contributed by atoms with Crippen molar-refractivity contribution < 1.29 is 23.4 Å². The average molecular weight is 533 g/mol. The quantitative estimate of drug-likeness (QED) is 0.315. The van der Waals surface area contributed by atoms with Gasteiger partial charge in [0.25, 0.3) is 5.91 Å². The van der Waals surface area contributed by atoms with Crippen molar-refractivity contribution in [3.63, 3.8) is 0 Å². The van der Waals surface area contributed by atoms with E-state index >= 15 is 0 Å². The minimum absolute atomic E-state index is 0.00638. The van der Waals surface area contributed by atoms with Crippen LogP contribution in [0.1, 0.15) is 37.6 Å². The van der Waals surface area contributed by atoms with Crippen molar-refractivity contribution in [3.05, 3.63) is 51.1 Å². The second-order valence-electron chi connectivity index (χ2n) is 6.93. The predicted molar refractivity (Wildman–Crippen MR) is 121 cm³/mol. The van der Waals surface area contributed by atoms with Gasteiger partial charge in [0.2, 0.25) is 0 Å². The molecule has 6 nitrogen and oxygen atoms in total. The van der Waals surface area contributed by atoms with Gasteiger partial charge in [0.15, 0.2) is 0 Å². The minimum Gasteiger partial charge on any atom is -0.492 e. The molecule has 0 unspecified atom stereocenters. The number of benzene rings is 2. The van der Waals surface area contributed by atoms with Crippen molar-refractivity contribution in [2.75, 3.05) is 25.0 Å². The summed E-state index contributed by atoms with van der Waals surface area (Å²) in [6.07, 6.45) is 0.220. The standard InChI is InChI=1S/C21H26F2IN3O3/c1-4-27(5-2)21(3,29)8-9-30-18-11-13(22)10-17(19(18)20(25)28)26-16-7-6-14(24)12-15(16)23/h6-7,10-12,26,29H,4-5,8-9H2,1-3H3,(H2,25,28)/t21-/m1/s1. The van der Waals surface area contributed by atoms with Crippen LogP contribution in [0.25, 0.3) is 0 Å². The van der Waals surface area contributed by atoms with E-state index in [1.165, 1.54) is 12.1 Å². The number of aliphatic hydroxyl groups is 1. The van der Waals surface area contributed by atoms with Crippen LogP contribution in [0.15, 0.2) is 30.3 Å². The molecule has 2 aromatic rings. The summed E-state index contributed by atoms with van der Waals surface area (Å²) in [4.78, 5) is 13.9. The number of ether oxygens (including phenoxy) is 1. The van der Waals surface area contributed by atoms with Crippen LogP contribution >= 0.6 is 22.6 Å². The van der Waals surface area contributed by atoms with Gasteiger partial charge in [-0.1, -0.05) is 13.8 Å². The number of primary amides is 1. The van der Waals surface area contributed by atoms with E-state index in [1.807, 2.05) is 41.3 Å². The van der Waals surface area contributed by atoms with Crippen molar-refractivity contribution in [3.8, 4) is 5.75 Å². The molecule has 0 aromatic heterocycles. The lowest BCUT2D eigenvalue weighted by Crippen LogP contribution is -2.47. The van der Waals surface area contributed by atoms with Crippen molar-refractivity contribution in [2.45, 2.75) is 32.9 Å². The van der Waals surface area contributed by atoms with Crippen LogP contribution in [0.5, 0.6) is 5.75 Å².